The van der Waals surface area contributed by atoms with Gasteiger partial charge in [0.1, 0.15) is 0 Å². The fourth-order valence-electron chi connectivity index (χ4n) is 5.13. The molecule has 0 saturated carbocycles. The zero-order valence-electron chi connectivity index (χ0n) is 22.7. The average Bonchev–Trinajstić information content (AvgIpc) is 2.57. The van der Waals surface area contributed by atoms with Crippen LogP contribution >= 0.6 is 0 Å². The van der Waals surface area contributed by atoms with E-state index in [4.69, 9.17) is 0 Å². The maximum absolute atomic E-state index is 2.44. The largest absolute Gasteiger partial charge is 0.0620 e. The van der Waals surface area contributed by atoms with E-state index in [-0.39, 0.29) is 21.7 Å². The fourth-order valence-corrected chi connectivity index (χ4v) is 5.13. The van der Waals surface area contributed by atoms with Crippen LogP contribution in [-0.2, 0) is 28.1 Å². The SMILES string of the molecule is CC(Cc1ccc(C(C)(C)C)c(C(C)(C)C)c1C(C)(C)C)c1ccccc1C(C)(C)C. The van der Waals surface area contributed by atoms with Gasteiger partial charge in [0.15, 0.2) is 0 Å². The third-order valence-corrected chi connectivity index (χ3v) is 6.43. The fraction of sp³-hybridized carbons (Fsp3) is 0.613. The van der Waals surface area contributed by atoms with Crippen molar-refractivity contribution in [2.24, 2.45) is 0 Å². The van der Waals surface area contributed by atoms with E-state index < -0.39 is 0 Å². The molecule has 1 unspecified atom stereocenters. The average molecular weight is 421 g/mol. The van der Waals surface area contributed by atoms with Gasteiger partial charge in [-0.3, -0.25) is 0 Å². The number of rotatable bonds is 3. The van der Waals surface area contributed by atoms with Crippen LogP contribution in [0, 0.1) is 0 Å². The van der Waals surface area contributed by atoms with E-state index in [9.17, 15) is 0 Å². The standard InChI is InChI=1S/C31H48/c1-21(23-16-14-15-17-24(23)28(2,3)4)20-22-18-19-25(29(5,6)7)27(31(11,12)13)26(22)30(8,9)10/h14-19,21H,20H2,1-13H3. The topological polar surface area (TPSA) is 0 Å². The molecule has 0 aliphatic rings. The normalized spacial score (nSPS) is 14.6. The summed E-state index contributed by atoms with van der Waals surface area (Å²) in [6.45, 7) is 30.8. The monoisotopic (exact) mass is 420 g/mol. The Hall–Kier alpha value is -1.56. The van der Waals surface area contributed by atoms with Gasteiger partial charge in [-0.25, -0.2) is 0 Å². The molecule has 2 aromatic rings. The molecule has 0 bridgehead atoms. The van der Waals surface area contributed by atoms with Crippen LogP contribution < -0.4 is 0 Å². The molecule has 0 fully saturated rings. The van der Waals surface area contributed by atoms with Crippen molar-refractivity contribution in [3.05, 3.63) is 69.8 Å². The van der Waals surface area contributed by atoms with Crippen molar-refractivity contribution < 1.29 is 0 Å². The van der Waals surface area contributed by atoms with Gasteiger partial charge in [-0.15, -0.1) is 0 Å². The molecule has 0 spiro atoms. The maximum Gasteiger partial charge on any atom is -0.0126 e. The second kappa shape index (κ2) is 8.42. The highest BCUT2D eigenvalue weighted by Gasteiger charge is 2.34. The van der Waals surface area contributed by atoms with Crippen molar-refractivity contribution in [2.45, 2.75) is 124 Å². The Morgan fingerprint density at radius 1 is 0.548 bits per heavy atom. The second-order valence-electron chi connectivity index (χ2n) is 13.7. The Balaban J connectivity index is 2.72. The minimum absolute atomic E-state index is 0.0997. The van der Waals surface area contributed by atoms with Crippen LogP contribution in [0.25, 0.3) is 0 Å². The first-order chi connectivity index (χ1) is 13.8. The highest BCUT2D eigenvalue weighted by Crippen LogP contribution is 2.43. The van der Waals surface area contributed by atoms with Gasteiger partial charge in [0.25, 0.3) is 0 Å². The summed E-state index contributed by atoms with van der Waals surface area (Å²) in [7, 11) is 0. The summed E-state index contributed by atoms with van der Waals surface area (Å²) >= 11 is 0. The lowest BCUT2D eigenvalue weighted by Crippen LogP contribution is -2.29. The van der Waals surface area contributed by atoms with Crippen LogP contribution in [0.2, 0.25) is 0 Å². The molecule has 0 heteroatoms. The van der Waals surface area contributed by atoms with Crippen molar-refractivity contribution in [1.82, 2.24) is 0 Å². The molecule has 172 valence electrons. The quantitative estimate of drug-likeness (QED) is 0.464. The summed E-state index contributed by atoms with van der Waals surface area (Å²) in [5.41, 5.74) is 9.59. The Bertz CT molecular complexity index is 899. The van der Waals surface area contributed by atoms with E-state index in [1.165, 1.54) is 22.3 Å². The number of hydrogen-bond acceptors (Lipinski definition) is 0. The van der Waals surface area contributed by atoms with E-state index in [1.807, 2.05) is 0 Å². The zero-order chi connectivity index (χ0) is 24.0. The van der Waals surface area contributed by atoms with Gasteiger partial charge in [-0.05, 0) is 67.4 Å². The van der Waals surface area contributed by atoms with Crippen LogP contribution in [0.4, 0.5) is 0 Å². The molecule has 0 amide bonds. The molecule has 0 aromatic heterocycles. The molecule has 2 rings (SSSR count). The molecule has 0 aliphatic carbocycles. The summed E-state index contributed by atoms with van der Waals surface area (Å²) < 4.78 is 0. The molecule has 1 atom stereocenters. The highest BCUT2D eigenvalue weighted by molar-refractivity contribution is 5.51. The predicted molar refractivity (Wildman–Crippen MR) is 140 cm³/mol. The molecule has 0 saturated heterocycles. The van der Waals surface area contributed by atoms with Crippen LogP contribution in [0.5, 0.6) is 0 Å². The Morgan fingerprint density at radius 2 is 1.03 bits per heavy atom. The first-order valence-electron chi connectivity index (χ1n) is 12.1. The van der Waals surface area contributed by atoms with E-state index in [0.29, 0.717) is 5.92 Å². The Labute approximate surface area is 193 Å². The molecule has 0 N–H and O–H groups in total. The predicted octanol–water partition coefficient (Wildman–Crippen LogP) is 9.22. The summed E-state index contributed by atoms with van der Waals surface area (Å²) in [5.74, 6) is 0.477. The molecule has 0 aliphatic heterocycles. The van der Waals surface area contributed by atoms with Gasteiger partial charge >= 0.3 is 0 Å². The third-order valence-electron chi connectivity index (χ3n) is 6.43. The van der Waals surface area contributed by atoms with Crippen LogP contribution in [-0.4, -0.2) is 0 Å². The van der Waals surface area contributed by atoms with Crippen LogP contribution in [0.1, 0.15) is 129 Å². The lowest BCUT2D eigenvalue weighted by Gasteiger charge is -2.38. The first-order valence-corrected chi connectivity index (χ1v) is 12.1. The molecule has 0 radical (unpaired) electrons. The third kappa shape index (κ3) is 5.82. The van der Waals surface area contributed by atoms with E-state index in [1.54, 1.807) is 11.1 Å². The minimum atomic E-state index is 0.0997. The maximum atomic E-state index is 2.44. The van der Waals surface area contributed by atoms with Crippen molar-refractivity contribution in [1.29, 1.82) is 0 Å². The smallest absolute Gasteiger partial charge is 0.0126 e. The summed E-state index contributed by atoms with van der Waals surface area (Å²) in [6, 6.07) is 13.9. The van der Waals surface area contributed by atoms with E-state index >= 15 is 0 Å². The Kier molecular flexibility index (Phi) is 6.98. The molecule has 0 heterocycles. The van der Waals surface area contributed by atoms with Crippen LogP contribution in [0.3, 0.4) is 0 Å². The van der Waals surface area contributed by atoms with Crippen molar-refractivity contribution >= 4 is 0 Å². The van der Waals surface area contributed by atoms with Crippen molar-refractivity contribution in [2.75, 3.05) is 0 Å². The van der Waals surface area contributed by atoms with Crippen molar-refractivity contribution in [3.63, 3.8) is 0 Å². The van der Waals surface area contributed by atoms with Gasteiger partial charge < -0.3 is 0 Å². The second-order valence-corrected chi connectivity index (χ2v) is 13.7. The number of benzene rings is 2. The molecule has 0 nitrogen and oxygen atoms in total. The summed E-state index contributed by atoms with van der Waals surface area (Å²) in [5, 5.41) is 0. The zero-order valence-corrected chi connectivity index (χ0v) is 22.7. The highest BCUT2D eigenvalue weighted by atomic mass is 14.4. The summed E-state index contributed by atoms with van der Waals surface area (Å²) in [6.07, 6.45) is 1.08. The molecular formula is C31H48. The minimum Gasteiger partial charge on any atom is -0.0620 e. The van der Waals surface area contributed by atoms with E-state index in [0.717, 1.165) is 6.42 Å². The van der Waals surface area contributed by atoms with Crippen LogP contribution in [0.15, 0.2) is 36.4 Å². The van der Waals surface area contributed by atoms with Gasteiger partial charge in [0.2, 0.25) is 0 Å². The van der Waals surface area contributed by atoms with Gasteiger partial charge in [-0.1, -0.05) is 126 Å². The lowest BCUT2D eigenvalue weighted by atomic mass is 9.66. The Morgan fingerprint density at radius 3 is 1.48 bits per heavy atom. The van der Waals surface area contributed by atoms with Gasteiger partial charge in [0.05, 0.1) is 0 Å². The summed E-state index contributed by atoms with van der Waals surface area (Å²) in [4.78, 5) is 0. The molecule has 31 heavy (non-hydrogen) atoms. The first kappa shape index (κ1) is 25.7. The van der Waals surface area contributed by atoms with Gasteiger partial charge in [-0.2, -0.15) is 0 Å². The van der Waals surface area contributed by atoms with E-state index in [2.05, 4.69) is 126 Å². The molecule has 2 aromatic carbocycles. The lowest BCUT2D eigenvalue weighted by molar-refractivity contribution is 0.492. The number of hydrogen-bond donors (Lipinski definition) is 0. The van der Waals surface area contributed by atoms with Crippen molar-refractivity contribution in [3.8, 4) is 0 Å². The molecular weight excluding hydrogens is 372 g/mol. The van der Waals surface area contributed by atoms with Gasteiger partial charge in [0, 0.05) is 0 Å².